The van der Waals surface area contributed by atoms with E-state index < -0.39 is 0 Å². The van der Waals surface area contributed by atoms with Crippen molar-refractivity contribution in [3.05, 3.63) is 0 Å². The van der Waals surface area contributed by atoms with Crippen molar-refractivity contribution in [3.63, 3.8) is 0 Å². The first kappa shape index (κ1) is 15.0. The van der Waals surface area contributed by atoms with E-state index >= 15 is 0 Å². The Morgan fingerprint density at radius 3 is 2.74 bits per heavy atom. The highest BCUT2D eigenvalue weighted by molar-refractivity contribution is 5.83. The van der Waals surface area contributed by atoms with E-state index in [4.69, 9.17) is 0 Å². The average Bonchev–Trinajstić information content (AvgIpc) is 2.67. The predicted octanol–water partition coefficient (Wildman–Crippen LogP) is 3.96. The first-order valence-electron chi connectivity index (χ1n) is 8.16. The molecule has 0 spiro atoms. The first-order valence-corrected chi connectivity index (χ1v) is 8.16. The highest BCUT2D eigenvalue weighted by Crippen LogP contribution is 2.57. The van der Waals surface area contributed by atoms with Crippen molar-refractivity contribution in [2.24, 2.45) is 23.2 Å². The van der Waals surface area contributed by atoms with Crippen LogP contribution in [0.3, 0.4) is 0 Å². The number of rotatable bonds is 5. The van der Waals surface area contributed by atoms with E-state index in [1.54, 1.807) is 0 Å². The fourth-order valence-corrected chi connectivity index (χ4v) is 4.84. The minimum atomic E-state index is -0.171. The lowest BCUT2D eigenvalue weighted by Gasteiger charge is -2.42. The third-order valence-corrected chi connectivity index (χ3v) is 5.90. The molecule has 110 valence electrons. The number of Topliss-reactive ketones (excluding diaryl/α,β-unsaturated/α-hetero) is 1. The van der Waals surface area contributed by atoms with E-state index in [0.29, 0.717) is 17.6 Å². The molecule has 0 heterocycles. The average molecular weight is 266 g/mol. The summed E-state index contributed by atoms with van der Waals surface area (Å²) in [5, 5.41) is 9.36. The van der Waals surface area contributed by atoms with Crippen LogP contribution in [0.1, 0.15) is 72.1 Å². The van der Waals surface area contributed by atoms with Crippen LogP contribution in [0.15, 0.2) is 0 Å². The van der Waals surface area contributed by atoms with Gasteiger partial charge in [-0.2, -0.15) is 0 Å². The Hall–Kier alpha value is -0.370. The lowest BCUT2D eigenvalue weighted by molar-refractivity contribution is -0.130. The normalized spacial score (nSPS) is 38.0. The van der Waals surface area contributed by atoms with Gasteiger partial charge in [0.25, 0.3) is 0 Å². The summed E-state index contributed by atoms with van der Waals surface area (Å²) in [7, 11) is 0. The molecule has 19 heavy (non-hydrogen) atoms. The van der Waals surface area contributed by atoms with Crippen molar-refractivity contribution in [2.45, 2.75) is 78.2 Å². The number of hydrogen-bond acceptors (Lipinski definition) is 2. The van der Waals surface area contributed by atoms with Crippen molar-refractivity contribution in [2.75, 3.05) is 0 Å². The van der Waals surface area contributed by atoms with Crippen molar-refractivity contribution in [1.82, 2.24) is 0 Å². The third kappa shape index (κ3) is 3.04. The lowest BCUT2D eigenvalue weighted by atomic mass is 9.62. The molecule has 1 N–H and O–H groups in total. The molecule has 0 bridgehead atoms. The van der Waals surface area contributed by atoms with Gasteiger partial charge in [-0.05, 0) is 56.3 Å². The van der Waals surface area contributed by atoms with Crippen molar-refractivity contribution in [3.8, 4) is 0 Å². The molecule has 0 radical (unpaired) electrons. The second kappa shape index (κ2) is 5.95. The molecule has 2 heteroatoms. The molecular weight excluding hydrogens is 236 g/mol. The van der Waals surface area contributed by atoms with Gasteiger partial charge in [0.05, 0.1) is 6.10 Å². The second-order valence-corrected chi connectivity index (χ2v) is 7.32. The number of fused-ring (bicyclic) bond motifs is 1. The van der Waals surface area contributed by atoms with Gasteiger partial charge in [-0.15, -0.1) is 0 Å². The summed E-state index contributed by atoms with van der Waals surface area (Å²) in [6, 6.07) is 0. The van der Waals surface area contributed by atoms with Gasteiger partial charge in [0, 0.05) is 12.3 Å². The summed E-state index contributed by atoms with van der Waals surface area (Å²) in [6.07, 6.45) is 8.59. The van der Waals surface area contributed by atoms with Crippen molar-refractivity contribution >= 4 is 5.78 Å². The fraction of sp³-hybridized carbons (Fsp3) is 0.941. The van der Waals surface area contributed by atoms with Crippen LogP contribution >= 0.6 is 0 Å². The fourth-order valence-electron chi connectivity index (χ4n) is 4.84. The monoisotopic (exact) mass is 266 g/mol. The van der Waals surface area contributed by atoms with Crippen LogP contribution in [0.25, 0.3) is 0 Å². The van der Waals surface area contributed by atoms with E-state index in [-0.39, 0.29) is 11.5 Å². The van der Waals surface area contributed by atoms with E-state index in [1.165, 1.54) is 19.3 Å². The highest BCUT2D eigenvalue weighted by Gasteiger charge is 2.52. The molecule has 2 aliphatic carbocycles. The van der Waals surface area contributed by atoms with Gasteiger partial charge in [-0.1, -0.05) is 26.7 Å². The molecule has 0 aromatic rings. The lowest BCUT2D eigenvalue weighted by Crippen LogP contribution is -2.39. The summed E-state index contributed by atoms with van der Waals surface area (Å²) < 4.78 is 0. The summed E-state index contributed by atoms with van der Waals surface area (Å²) in [4.78, 5) is 12.1. The Balaban J connectivity index is 1.95. The minimum absolute atomic E-state index is 0.171. The van der Waals surface area contributed by atoms with Gasteiger partial charge in [-0.3, -0.25) is 4.79 Å². The standard InChI is InChI=1S/C17H30O2/c1-12(6-4-7-13(2)18)14-9-10-15-16(19)8-5-11-17(14,15)3/h12-15,18H,4-11H2,1-3H3/t12-,13-,14+,15-,17+/m0/s1. The zero-order valence-electron chi connectivity index (χ0n) is 12.8. The quantitative estimate of drug-likeness (QED) is 0.818. The molecule has 2 saturated carbocycles. The van der Waals surface area contributed by atoms with Crippen LogP contribution in [0.5, 0.6) is 0 Å². The van der Waals surface area contributed by atoms with Crippen LogP contribution in [0.4, 0.5) is 0 Å². The Bertz CT molecular complexity index is 323. The molecule has 2 fully saturated rings. The summed E-state index contributed by atoms with van der Waals surface area (Å²) in [6.45, 7) is 6.61. The second-order valence-electron chi connectivity index (χ2n) is 7.32. The Labute approximate surface area is 118 Å². The summed E-state index contributed by atoms with van der Waals surface area (Å²) in [5.74, 6) is 2.30. The first-order chi connectivity index (χ1) is 8.95. The Kier molecular flexibility index (Phi) is 4.70. The van der Waals surface area contributed by atoms with Gasteiger partial charge in [0.2, 0.25) is 0 Å². The number of aliphatic hydroxyl groups excluding tert-OH is 1. The molecule has 0 aromatic carbocycles. The van der Waals surface area contributed by atoms with Crippen molar-refractivity contribution in [1.29, 1.82) is 0 Å². The van der Waals surface area contributed by atoms with Gasteiger partial charge in [0.1, 0.15) is 5.78 Å². The van der Waals surface area contributed by atoms with Crippen LogP contribution in [0, 0.1) is 23.2 Å². The van der Waals surface area contributed by atoms with E-state index in [9.17, 15) is 9.90 Å². The number of carbonyl (C=O) groups is 1. The van der Waals surface area contributed by atoms with Crippen LogP contribution < -0.4 is 0 Å². The molecule has 0 saturated heterocycles. The number of aliphatic hydroxyl groups is 1. The maximum absolute atomic E-state index is 12.1. The topological polar surface area (TPSA) is 37.3 Å². The molecule has 0 aromatic heterocycles. The SMILES string of the molecule is C[C@H](O)CCC[C@H](C)[C@H]1CC[C@H]2C(=O)CCC[C@]12C. The molecule has 0 unspecified atom stereocenters. The molecule has 0 aliphatic heterocycles. The third-order valence-electron chi connectivity index (χ3n) is 5.90. The molecule has 2 aliphatic rings. The number of hydrogen-bond donors (Lipinski definition) is 1. The van der Waals surface area contributed by atoms with Crippen molar-refractivity contribution < 1.29 is 9.90 Å². The zero-order valence-corrected chi connectivity index (χ0v) is 12.8. The van der Waals surface area contributed by atoms with E-state index in [1.807, 2.05) is 6.92 Å². The molecule has 5 atom stereocenters. The maximum Gasteiger partial charge on any atom is 0.136 e. The van der Waals surface area contributed by atoms with Crippen LogP contribution in [-0.2, 0) is 4.79 Å². The number of ketones is 1. The van der Waals surface area contributed by atoms with Gasteiger partial charge in [0.15, 0.2) is 0 Å². The van der Waals surface area contributed by atoms with Crippen LogP contribution in [-0.4, -0.2) is 17.0 Å². The smallest absolute Gasteiger partial charge is 0.136 e. The van der Waals surface area contributed by atoms with Crippen LogP contribution in [0.2, 0.25) is 0 Å². The molecule has 0 amide bonds. The van der Waals surface area contributed by atoms with E-state index in [2.05, 4.69) is 13.8 Å². The van der Waals surface area contributed by atoms with Gasteiger partial charge in [-0.25, -0.2) is 0 Å². The molecular formula is C17H30O2. The van der Waals surface area contributed by atoms with Gasteiger partial charge < -0.3 is 5.11 Å². The summed E-state index contributed by atoms with van der Waals surface area (Å²) >= 11 is 0. The summed E-state index contributed by atoms with van der Waals surface area (Å²) in [5.41, 5.74) is 0.277. The van der Waals surface area contributed by atoms with Gasteiger partial charge >= 0.3 is 0 Å². The Morgan fingerprint density at radius 2 is 2.05 bits per heavy atom. The minimum Gasteiger partial charge on any atom is -0.393 e. The predicted molar refractivity (Wildman–Crippen MR) is 77.9 cm³/mol. The highest BCUT2D eigenvalue weighted by atomic mass is 16.3. The number of carbonyl (C=O) groups excluding carboxylic acids is 1. The zero-order chi connectivity index (χ0) is 14.0. The molecule has 2 nitrogen and oxygen atoms in total. The van der Waals surface area contributed by atoms with E-state index in [0.717, 1.165) is 38.0 Å². The largest absolute Gasteiger partial charge is 0.393 e. The Morgan fingerprint density at radius 1 is 1.32 bits per heavy atom. The maximum atomic E-state index is 12.1. The molecule has 2 rings (SSSR count).